The number of piperidine rings is 1. The van der Waals surface area contributed by atoms with E-state index in [9.17, 15) is 14.0 Å². The minimum Gasteiger partial charge on any atom is -0.337 e. The summed E-state index contributed by atoms with van der Waals surface area (Å²) in [4.78, 5) is 24.8. The summed E-state index contributed by atoms with van der Waals surface area (Å²) in [6.45, 7) is 5.51. The summed E-state index contributed by atoms with van der Waals surface area (Å²) in [7, 11) is 0. The standard InChI is InChI=1S/C12H21N3O2S.C6H5F/c1-8(2)7-9-10(16)14-12(13-9)3-5-15(6-4-12)11(17)18;7-6-4-2-1-3-5-6/h8-9,13H,3-7H2,1-2H3,(H,14,16)(H,17,18);1-5H. The van der Waals surface area contributed by atoms with E-state index < -0.39 is 0 Å². The highest BCUT2D eigenvalue weighted by Crippen LogP contribution is 2.26. The van der Waals surface area contributed by atoms with Gasteiger partial charge in [0.25, 0.3) is 5.24 Å². The van der Waals surface area contributed by atoms with Gasteiger partial charge >= 0.3 is 0 Å². The fourth-order valence-corrected chi connectivity index (χ4v) is 3.36. The first-order valence-electron chi connectivity index (χ1n) is 8.59. The Morgan fingerprint density at radius 2 is 1.92 bits per heavy atom. The molecule has 2 aliphatic heterocycles. The lowest BCUT2D eigenvalue weighted by Crippen LogP contribution is -2.57. The Balaban J connectivity index is 0.000000269. The Labute approximate surface area is 153 Å². The van der Waals surface area contributed by atoms with Crippen LogP contribution in [0.1, 0.15) is 33.1 Å². The van der Waals surface area contributed by atoms with Gasteiger partial charge in [-0.3, -0.25) is 14.9 Å². The van der Waals surface area contributed by atoms with E-state index in [0.717, 1.165) is 19.3 Å². The minimum absolute atomic E-state index is 0.0920. The monoisotopic (exact) mass is 367 g/mol. The van der Waals surface area contributed by atoms with E-state index in [-0.39, 0.29) is 28.7 Å². The Kier molecular flexibility index (Phi) is 6.84. The second-order valence-corrected chi connectivity index (χ2v) is 7.35. The van der Waals surface area contributed by atoms with Crippen molar-refractivity contribution in [1.29, 1.82) is 0 Å². The van der Waals surface area contributed by atoms with E-state index in [0.29, 0.717) is 19.0 Å². The zero-order valence-corrected chi connectivity index (χ0v) is 15.6. The van der Waals surface area contributed by atoms with Crippen molar-refractivity contribution < 1.29 is 14.0 Å². The number of carbonyl (C=O) groups is 2. The van der Waals surface area contributed by atoms with Gasteiger partial charge in [-0.2, -0.15) is 0 Å². The van der Waals surface area contributed by atoms with Gasteiger partial charge < -0.3 is 10.2 Å². The van der Waals surface area contributed by atoms with Gasteiger partial charge in [0.05, 0.1) is 11.7 Å². The molecule has 1 spiro atoms. The van der Waals surface area contributed by atoms with Crippen LogP contribution in [0.25, 0.3) is 0 Å². The van der Waals surface area contributed by atoms with Crippen LogP contribution >= 0.6 is 12.6 Å². The molecule has 0 aliphatic carbocycles. The SMILES string of the molecule is CC(C)CC1NC2(CCN(C(=O)S)CC2)NC1=O.Fc1ccccc1. The maximum absolute atomic E-state index is 11.9. The minimum atomic E-state index is -0.309. The number of thiol groups is 1. The molecule has 2 fully saturated rings. The highest BCUT2D eigenvalue weighted by molar-refractivity contribution is 7.96. The number of benzene rings is 1. The molecule has 2 saturated heterocycles. The number of nitrogens with zero attached hydrogens (tertiary/aromatic N) is 1. The topological polar surface area (TPSA) is 61.4 Å². The van der Waals surface area contributed by atoms with Crippen LogP contribution in [-0.4, -0.2) is 40.8 Å². The van der Waals surface area contributed by atoms with Crippen LogP contribution in [0.3, 0.4) is 0 Å². The van der Waals surface area contributed by atoms with Crippen LogP contribution in [0.5, 0.6) is 0 Å². The first-order chi connectivity index (χ1) is 11.8. The maximum atomic E-state index is 11.9. The lowest BCUT2D eigenvalue weighted by Gasteiger charge is -2.38. The van der Waals surface area contributed by atoms with Crippen LogP contribution in [0.15, 0.2) is 30.3 Å². The molecule has 2 aliphatic rings. The predicted octanol–water partition coefficient (Wildman–Crippen LogP) is 2.79. The van der Waals surface area contributed by atoms with Gasteiger partial charge in [0, 0.05) is 25.9 Å². The van der Waals surface area contributed by atoms with E-state index in [1.165, 1.54) is 12.1 Å². The fraction of sp³-hybridized carbons (Fsp3) is 0.556. The van der Waals surface area contributed by atoms with Crippen LogP contribution in [0, 0.1) is 11.7 Å². The molecule has 3 rings (SSSR count). The van der Waals surface area contributed by atoms with Crippen molar-refractivity contribution >= 4 is 23.8 Å². The van der Waals surface area contributed by atoms with Crippen LogP contribution in [0.4, 0.5) is 9.18 Å². The molecule has 0 radical (unpaired) electrons. The molecule has 0 saturated carbocycles. The van der Waals surface area contributed by atoms with Crippen molar-refractivity contribution in [3.05, 3.63) is 36.1 Å². The number of carbonyl (C=O) groups excluding carboxylic acids is 2. The third-order valence-electron chi connectivity index (χ3n) is 4.46. The van der Waals surface area contributed by atoms with Gasteiger partial charge in [-0.15, -0.1) is 0 Å². The molecule has 2 heterocycles. The van der Waals surface area contributed by atoms with Gasteiger partial charge in [-0.1, -0.05) is 44.7 Å². The Morgan fingerprint density at radius 3 is 2.36 bits per heavy atom. The summed E-state index contributed by atoms with van der Waals surface area (Å²) in [5.41, 5.74) is -0.309. The first kappa shape index (κ1) is 19.7. The predicted molar refractivity (Wildman–Crippen MR) is 98.8 cm³/mol. The summed E-state index contributed by atoms with van der Waals surface area (Å²) in [6, 6.07) is 7.84. The molecular formula is C18H26FN3O2S. The Bertz CT molecular complexity index is 589. The van der Waals surface area contributed by atoms with E-state index in [1.54, 1.807) is 23.1 Å². The van der Waals surface area contributed by atoms with Crippen LogP contribution < -0.4 is 10.6 Å². The smallest absolute Gasteiger partial charge is 0.278 e. The van der Waals surface area contributed by atoms with Crippen molar-refractivity contribution in [2.75, 3.05) is 13.1 Å². The molecule has 2 amide bonds. The van der Waals surface area contributed by atoms with Gasteiger partial charge in [0.1, 0.15) is 5.82 Å². The molecule has 138 valence electrons. The van der Waals surface area contributed by atoms with Gasteiger partial charge in [0.2, 0.25) is 5.91 Å². The number of likely N-dealkylation sites (tertiary alicyclic amines) is 1. The second-order valence-electron chi connectivity index (χ2n) is 6.96. The number of amides is 2. The molecule has 1 atom stereocenters. The second kappa shape index (κ2) is 8.67. The molecule has 1 aromatic carbocycles. The first-order valence-corrected chi connectivity index (χ1v) is 9.04. The largest absolute Gasteiger partial charge is 0.337 e. The van der Waals surface area contributed by atoms with Gasteiger partial charge in [0.15, 0.2) is 0 Å². The summed E-state index contributed by atoms with van der Waals surface area (Å²) in [5.74, 6) is 0.402. The molecule has 2 N–H and O–H groups in total. The summed E-state index contributed by atoms with van der Waals surface area (Å²) < 4.78 is 11.9. The Hall–Kier alpha value is -1.60. The molecule has 1 unspecified atom stereocenters. The number of hydrogen-bond acceptors (Lipinski definition) is 3. The van der Waals surface area contributed by atoms with Crippen LogP contribution in [0.2, 0.25) is 0 Å². The lowest BCUT2D eigenvalue weighted by molar-refractivity contribution is -0.121. The van der Waals surface area contributed by atoms with Crippen LogP contribution in [-0.2, 0) is 4.79 Å². The van der Waals surface area contributed by atoms with Crippen molar-refractivity contribution in [2.45, 2.75) is 44.8 Å². The molecule has 5 nitrogen and oxygen atoms in total. The normalized spacial score (nSPS) is 21.7. The zero-order chi connectivity index (χ0) is 18.4. The third kappa shape index (κ3) is 5.71. The summed E-state index contributed by atoms with van der Waals surface area (Å²) >= 11 is 3.83. The number of hydrogen-bond donors (Lipinski definition) is 3. The molecule has 0 aromatic heterocycles. The highest BCUT2D eigenvalue weighted by Gasteiger charge is 2.45. The number of halogens is 1. The molecule has 25 heavy (non-hydrogen) atoms. The molecule has 7 heteroatoms. The third-order valence-corrected chi connectivity index (χ3v) is 4.74. The maximum Gasteiger partial charge on any atom is 0.278 e. The molecule has 1 aromatic rings. The van der Waals surface area contributed by atoms with E-state index in [4.69, 9.17) is 0 Å². The summed E-state index contributed by atoms with van der Waals surface area (Å²) in [6.07, 6.45) is 2.35. The number of rotatable bonds is 2. The van der Waals surface area contributed by atoms with E-state index in [2.05, 4.69) is 37.1 Å². The average molecular weight is 367 g/mol. The van der Waals surface area contributed by atoms with Gasteiger partial charge in [-0.05, 0) is 24.5 Å². The molecule has 0 bridgehead atoms. The lowest BCUT2D eigenvalue weighted by atomic mass is 9.97. The van der Waals surface area contributed by atoms with Crippen molar-refractivity contribution in [1.82, 2.24) is 15.5 Å². The molecular weight excluding hydrogens is 341 g/mol. The van der Waals surface area contributed by atoms with Crippen molar-refractivity contribution in [2.24, 2.45) is 5.92 Å². The Morgan fingerprint density at radius 1 is 1.32 bits per heavy atom. The van der Waals surface area contributed by atoms with Crippen molar-refractivity contribution in [3.63, 3.8) is 0 Å². The fourth-order valence-electron chi connectivity index (χ4n) is 3.16. The summed E-state index contributed by atoms with van der Waals surface area (Å²) in [5, 5.41) is 6.31. The zero-order valence-electron chi connectivity index (χ0n) is 14.7. The average Bonchev–Trinajstić information content (AvgIpc) is 2.84. The quantitative estimate of drug-likeness (QED) is 0.705. The van der Waals surface area contributed by atoms with E-state index in [1.807, 2.05) is 0 Å². The van der Waals surface area contributed by atoms with E-state index >= 15 is 0 Å². The van der Waals surface area contributed by atoms with Gasteiger partial charge in [-0.25, -0.2) is 4.39 Å². The van der Waals surface area contributed by atoms with Crippen molar-refractivity contribution in [3.8, 4) is 0 Å². The number of nitrogens with one attached hydrogen (secondary N) is 2. The highest BCUT2D eigenvalue weighted by atomic mass is 32.1.